The van der Waals surface area contributed by atoms with E-state index in [1.807, 2.05) is 6.92 Å². The predicted molar refractivity (Wildman–Crippen MR) is 66.1 cm³/mol. The van der Waals surface area contributed by atoms with Crippen LogP contribution in [0, 0.1) is 6.92 Å². The zero-order chi connectivity index (χ0) is 11.7. The molecular formula is C9H9BrClN5. The van der Waals surface area contributed by atoms with E-state index >= 15 is 0 Å². The first kappa shape index (κ1) is 11.3. The number of nitrogens with zero attached hydrogens (tertiary/aromatic N) is 4. The summed E-state index contributed by atoms with van der Waals surface area (Å²) in [5.74, 6) is 1.18. The Morgan fingerprint density at radius 1 is 1.50 bits per heavy atom. The third kappa shape index (κ3) is 2.03. The van der Waals surface area contributed by atoms with Crippen LogP contribution in [0.3, 0.4) is 0 Å². The van der Waals surface area contributed by atoms with Crippen molar-refractivity contribution in [2.24, 2.45) is 0 Å². The highest BCUT2D eigenvalue weighted by Gasteiger charge is 2.10. The van der Waals surface area contributed by atoms with Crippen LogP contribution in [0.1, 0.15) is 5.69 Å². The number of rotatable bonds is 2. The highest BCUT2D eigenvalue weighted by molar-refractivity contribution is 9.10. The van der Waals surface area contributed by atoms with Gasteiger partial charge in [-0.3, -0.25) is 0 Å². The molecule has 2 aromatic rings. The first-order valence-electron chi connectivity index (χ1n) is 4.54. The second kappa shape index (κ2) is 4.39. The number of hydrogen-bond donors (Lipinski definition) is 1. The van der Waals surface area contributed by atoms with E-state index in [2.05, 4.69) is 36.3 Å². The van der Waals surface area contributed by atoms with Crippen LogP contribution in [0.2, 0.25) is 5.02 Å². The molecule has 0 aromatic carbocycles. The first-order chi connectivity index (χ1) is 7.61. The maximum atomic E-state index is 5.95. The number of aromatic nitrogens is 4. The van der Waals surface area contributed by atoms with E-state index < -0.39 is 0 Å². The maximum absolute atomic E-state index is 5.95. The maximum Gasteiger partial charge on any atom is 0.224 e. The van der Waals surface area contributed by atoms with Crippen LogP contribution in [0.15, 0.2) is 16.9 Å². The lowest BCUT2D eigenvalue weighted by Crippen LogP contribution is -2.04. The van der Waals surface area contributed by atoms with Crippen molar-refractivity contribution in [3.63, 3.8) is 0 Å². The zero-order valence-corrected chi connectivity index (χ0v) is 11.0. The fraction of sp³-hybridized carbons (Fsp3) is 0.222. The van der Waals surface area contributed by atoms with Crippen molar-refractivity contribution in [1.82, 2.24) is 19.7 Å². The van der Waals surface area contributed by atoms with Gasteiger partial charge >= 0.3 is 0 Å². The molecule has 16 heavy (non-hydrogen) atoms. The zero-order valence-electron chi connectivity index (χ0n) is 8.70. The lowest BCUT2D eigenvalue weighted by molar-refractivity contribution is 0.822. The van der Waals surface area contributed by atoms with E-state index in [0.717, 1.165) is 10.2 Å². The standard InChI is InChI=1S/C9H9BrClN5/c1-5-7(11)4-16(15-5)8-6(10)3-13-9(12-2)14-8/h3-4H,1-2H3,(H,12,13,14). The Hall–Kier alpha value is -1.14. The van der Waals surface area contributed by atoms with Gasteiger partial charge in [-0.2, -0.15) is 10.1 Å². The molecule has 0 radical (unpaired) electrons. The van der Waals surface area contributed by atoms with Crippen molar-refractivity contribution in [3.05, 3.63) is 27.6 Å². The summed E-state index contributed by atoms with van der Waals surface area (Å²) in [6.07, 6.45) is 3.38. The van der Waals surface area contributed by atoms with E-state index in [1.165, 1.54) is 0 Å². The Labute approximate surface area is 106 Å². The number of anilines is 1. The summed E-state index contributed by atoms with van der Waals surface area (Å²) < 4.78 is 2.37. The minimum atomic E-state index is 0.530. The Kier molecular flexibility index (Phi) is 3.11. The molecule has 0 aliphatic heterocycles. The molecule has 0 aliphatic carbocycles. The molecule has 0 spiro atoms. The molecule has 5 nitrogen and oxygen atoms in total. The van der Waals surface area contributed by atoms with Crippen molar-refractivity contribution in [1.29, 1.82) is 0 Å². The van der Waals surface area contributed by atoms with Crippen LogP contribution < -0.4 is 5.32 Å². The molecule has 0 saturated carbocycles. The van der Waals surface area contributed by atoms with Gasteiger partial charge in [0.25, 0.3) is 0 Å². The number of halogens is 2. The summed E-state index contributed by atoms with van der Waals surface area (Å²) in [5.41, 5.74) is 0.762. The van der Waals surface area contributed by atoms with Crippen LogP contribution in [0.5, 0.6) is 0 Å². The number of nitrogens with one attached hydrogen (secondary N) is 1. The number of aryl methyl sites for hydroxylation is 1. The summed E-state index contributed by atoms with van der Waals surface area (Å²) in [6.45, 7) is 1.84. The topological polar surface area (TPSA) is 55.6 Å². The SMILES string of the molecule is CNc1ncc(Br)c(-n2cc(Cl)c(C)n2)n1. The molecule has 1 N–H and O–H groups in total. The molecule has 7 heteroatoms. The molecule has 0 unspecified atom stereocenters. The third-order valence-electron chi connectivity index (χ3n) is 2.01. The summed E-state index contributed by atoms with van der Waals surface area (Å²) >= 11 is 9.32. The molecule has 84 valence electrons. The molecular weight excluding hydrogens is 293 g/mol. The van der Waals surface area contributed by atoms with Crippen LogP contribution in [0.4, 0.5) is 5.95 Å². The lowest BCUT2D eigenvalue weighted by atomic mass is 10.5. The minimum absolute atomic E-state index is 0.530. The van der Waals surface area contributed by atoms with Gasteiger partial charge < -0.3 is 5.32 Å². The van der Waals surface area contributed by atoms with Crippen molar-refractivity contribution in [3.8, 4) is 5.82 Å². The predicted octanol–water partition coefficient (Wildman–Crippen LogP) is 2.43. The second-order valence-corrected chi connectivity index (χ2v) is 4.38. The first-order valence-corrected chi connectivity index (χ1v) is 5.71. The van der Waals surface area contributed by atoms with Crippen LogP contribution in [-0.2, 0) is 0 Å². The minimum Gasteiger partial charge on any atom is -0.357 e. The Bertz CT molecular complexity index is 505. The van der Waals surface area contributed by atoms with E-state index in [1.54, 1.807) is 24.1 Å². The molecule has 0 saturated heterocycles. The molecule has 0 atom stereocenters. The van der Waals surface area contributed by atoms with Gasteiger partial charge in [0, 0.05) is 13.2 Å². The quantitative estimate of drug-likeness (QED) is 0.925. The number of hydrogen-bond acceptors (Lipinski definition) is 4. The molecule has 0 fully saturated rings. The lowest BCUT2D eigenvalue weighted by Gasteiger charge is -2.05. The van der Waals surface area contributed by atoms with E-state index in [9.17, 15) is 0 Å². The van der Waals surface area contributed by atoms with Gasteiger partial charge in [0.2, 0.25) is 5.95 Å². The normalized spacial score (nSPS) is 10.5. The van der Waals surface area contributed by atoms with Crippen molar-refractivity contribution in [2.45, 2.75) is 6.92 Å². The van der Waals surface area contributed by atoms with E-state index in [-0.39, 0.29) is 0 Å². The average molecular weight is 303 g/mol. The van der Waals surface area contributed by atoms with Gasteiger partial charge in [0.1, 0.15) is 0 Å². The summed E-state index contributed by atoms with van der Waals surface area (Å²) in [7, 11) is 1.76. The smallest absolute Gasteiger partial charge is 0.224 e. The van der Waals surface area contributed by atoms with Crippen molar-refractivity contribution in [2.75, 3.05) is 12.4 Å². The summed E-state index contributed by atoms with van der Waals surface area (Å²) in [5, 5.41) is 7.73. The molecule has 2 aromatic heterocycles. The van der Waals surface area contributed by atoms with Crippen molar-refractivity contribution >= 4 is 33.5 Å². The molecule has 2 rings (SSSR count). The van der Waals surface area contributed by atoms with Crippen LogP contribution >= 0.6 is 27.5 Å². The Balaban J connectivity index is 2.54. The Morgan fingerprint density at radius 2 is 2.25 bits per heavy atom. The largest absolute Gasteiger partial charge is 0.357 e. The highest BCUT2D eigenvalue weighted by atomic mass is 79.9. The van der Waals surface area contributed by atoms with Crippen molar-refractivity contribution < 1.29 is 0 Å². The van der Waals surface area contributed by atoms with E-state index in [0.29, 0.717) is 16.8 Å². The van der Waals surface area contributed by atoms with Gasteiger partial charge in [-0.05, 0) is 22.9 Å². The molecule has 2 heterocycles. The fourth-order valence-electron chi connectivity index (χ4n) is 1.19. The molecule has 0 amide bonds. The third-order valence-corrected chi connectivity index (χ3v) is 2.94. The average Bonchev–Trinajstić information content (AvgIpc) is 2.60. The van der Waals surface area contributed by atoms with Gasteiger partial charge in [0.15, 0.2) is 5.82 Å². The fourth-order valence-corrected chi connectivity index (χ4v) is 1.69. The van der Waals surface area contributed by atoms with Gasteiger partial charge in [-0.25, -0.2) is 9.67 Å². The highest BCUT2D eigenvalue weighted by Crippen LogP contribution is 2.21. The second-order valence-electron chi connectivity index (χ2n) is 3.12. The summed E-state index contributed by atoms with van der Waals surface area (Å²) in [4.78, 5) is 8.36. The Morgan fingerprint density at radius 3 is 2.81 bits per heavy atom. The van der Waals surface area contributed by atoms with Crippen LogP contribution in [0.25, 0.3) is 5.82 Å². The van der Waals surface area contributed by atoms with Crippen LogP contribution in [-0.4, -0.2) is 26.8 Å². The van der Waals surface area contributed by atoms with Gasteiger partial charge in [0.05, 0.1) is 21.4 Å². The van der Waals surface area contributed by atoms with E-state index in [4.69, 9.17) is 11.6 Å². The van der Waals surface area contributed by atoms with Gasteiger partial charge in [-0.15, -0.1) is 0 Å². The molecule has 0 aliphatic rings. The van der Waals surface area contributed by atoms with Gasteiger partial charge in [-0.1, -0.05) is 11.6 Å². The molecule has 0 bridgehead atoms. The monoisotopic (exact) mass is 301 g/mol. The summed E-state index contributed by atoms with van der Waals surface area (Å²) in [6, 6.07) is 0.